The fraction of sp³-hybridized carbons (Fsp3) is 0.409. The molecular formula is C22H31IN4. The molecule has 0 radical (unpaired) electrons. The van der Waals surface area contributed by atoms with Crippen LogP contribution in [0.5, 0.6) is 0 Å². The summed E-state index contributed by atoms with van der Waals surface area (Å²) in [4.78, 5) is 6.98. The van der Waals surface area contributed by atoms with Crippen molar-refractivity contribution in [2.24, 2.45) is 10.7 Å². The molecule has 0 amide bonds. The molecule has 3 rings (SSSR count). The minimum atomic E-state index is 0. The second kappa shape index (κ2) is 10.7. The quantitative estimate of drug-likeness (QED) is 0.349. The van der Waals surface area contributed by atoms with Gasteiger partial charge in [0.2, 0.25) is 0 Å². The number of fused-ring (bicyclic) bond motifs is 1. The van der Waals surface area contributed by atoms with E-state index in [4.69, 9.17) is 5.73 Å². The molecule has 0 fully saturated rings. The van der Waals surface area contributed by atoms with E-state index in [1.807, 2.05) is 0 Å². The zero-order valence-corrected chi connectivity index (χ0v) is 18.7. The molecule has 146 valence electrons. The molecule has 2 aromatic rings. The van der Waals surface area contributed by atoms with Crippen molar-refractivity contribution in [1.82, 2.24) is 4.90 Å². The predicted molar refractivity (Wildman–Crippen MR) is 126 cm³/mol. The van der Waals surface area contributed by atoms with E-state index in [1.165, 1.54) is 41.5 Å². The Morgan fingerprint density at radius 1 is 1.04 bits per heavy atom. The number of anilines is 1. The smallest absolute Gasteiger partial charge is 0.193 e. The second-order valence-corrected chi connectivity index (χ2v) is 6.89. The molecule has 0 bridgehead atoms. The lowest BCUT2D eigenvalue weighted by Gasteiger charge is -2.19. The van der Waals surface area contributed by atoms with E-state index in [-0.39, 0.29) is 24.0 Å². The molecule has 0 heterocycles. The summed E-state index contributed by atoms with van der Waals surface area (Å²) in [5, 5.41) is 3.24. The lowest BCUT2D eigenvalue weighted by Crippen LogP contribution is -2.24. The maximum absolute atomic E-state index is 6.13. The Morgan fingerprint density at radius 2 is 1.74 bits per heavy atom. The van der Waals surface area contributed by atoms with Crippen molar-refractivity contribution in [3.05, 3.63) is 64.7 Å². The zero-order valence-electron chi connectivity index (χ0n) is 16.4. The van der Waals surface area contributed by atoms with E-state index in [0.29, 0.717) is 12.5 Å². The van der Waals surface area contributed by atoms with Crippen LogP contribution in [0, 0.1) is 0 Å². The Labute approximate surface area is 180 Å². The molecule has 0 spiro atoms. The highest BCUT2D eigenvalue weighted by Gasteiger charge is 2.11. The summed E-state index contributed by atoms with van der Waals surface area (Å²) in [6.07, 6.45) is 3.62. The van der Waals surface area contributed by atoms with Gasteiger partial charge in [-0.25, -0.2) is 4.99 Å². The van der Waals surface area contributed by atoms with Crippen LogP contribution in [0.4, 0.5) is 5.69 Å². The van der Waals surface area contributed by atoms with Crippen LogP contribution in [0.15, 0.2) is 47.5 Å². The van der Waals surface area contributed by atoms with E-state index in [1.54, 1.807) is 0 Å². The number of nitrogens with two attached hydrogens (primary N) is 1. The number of nitrogens with one attached hydrogen (secondary N) is 1. The minimum absolute atomic E-state index is 0. The van der Waals surface area contributed by atoms with E-state index in [0.717, 1.165) is 25.3 Å². The van der Waals surface area contributed by atoms with Crippen molar-refractivity contribution < 1.29 is 0 Å². The molecule has 0 saturated carbocycles. The Hall–Kier alpha value is -1.60. The number of aryl methyl sites for hydroxylation is 2. The van der Waals surface area contributed by atoms with Gasteiger partial charge in [-0.3, -0.25) is 4.90 Å². The zero-order chi connectivity index (χ0) is 18.4. The maximum atomic E-state index is 6.13. The fourth-order valence-electron chi connectivity index (χ4n) is 3.56. The third-order valence-corrected chi connectivity index (χ3v) is 5.20. The van der Waals surface area contributed by atoms with Gasteiger partial charge in [-0.1, -0.05) is 44.2 Å². The predicted octanol–water partition coefficient (Wildman–Crippen LogP) is 4.56. The van der Waals surface area contributed by atoms with Crippen molar-refractivity contribution in [1.29, 1.82) is 0 Å². The molecule has 0 atom stereocenters. The topological polar surface area (TPSA) is 53.6 Å². The lowest BCUT2D eigenvalue weighted by molar-refractivity contribution is 0.295. The van der Waals surface area contributed by atoms with E-state index in [9.17, 15) is 0 Å². The van der Waals surface area contributed by atoms with Crippen molar-refractivity contribution in [2.75, 3.05) is 18.4 Å². The Morgan fingerprint density at radius 3 is 2.48 bits per heavy atom. The summed E-state index contributed by atoms with van der Waals surface area (Å²) in [7, 11) is 0. The second-order valence-electron chi connectivity index (χ2n) is 6.89. The van der Waals surface area contributed by atoms with E-state index < -0.39 is 0 Å². The largest absolute Gasteiger partial charge is 0.370 e. The summed E-state index contributed by atoms with van der Waals surface area (Å²) in [5.74, 6) is 0.473. The van der Waals surface area contributed by atoms with Gasteiger partial charge in [0.05, 0.1) is 6.54 Å². The molecule has 0 aromatic heterocycles. The van der Waals surface area contributed by atoms with Gasteiger partial charge in [0.1, 0.15) is 0 Å². The van der Waals surface area contributed by atoms with Gasteiger partial charge in [-0.2, -0.15) is 0 Å². The maximum Gasteiger partial charge on any atom is 0.193 e. The summed E-state index contributed by atoms with van der Waals surface area (Å²) < 4.78 is 0. The number of halogens is 1. The summed E-state index contributed by atoms with van der Waals surface area (Å²) in [5.41, 5.74) is 12.6. The van der Waals surface area contributed by atoms with Gasteiger partial charge >= 0.3 is 0 Å². The van der Waals surface area contributed by atoms with Gasteiger partial charge in [-0.05, 0) is 66.7 Å². The number of guanidine groups is 1. The van der Waals surface area contributed by atoms with Gasteiger partial charge in [-0.15, -0.1) is 24.0 Å². The van der Waals surface area contributed by atoms with Crippen LogP contribution < -0.4 is 11.1 Å². The summed E-state index contributed by atoms with van der Waals surface area (Å²) in [6.45, 7) is 8.05. The van der Waals surface area contributed by atoms with E-state index in [2.05, 4.69) is 71.5 Å². The van der Waals surface area contributed by atoms with Crippen molar-refractivity contribution >= 4 is 35.6 Å². The standard InChI is InChI=1S/C22H30N4.HI/c1-3-26(4-2)16-20-9-6-5-8-19(20)15-24-22(23)25-21-13-12-17-10-7-11-18(17)14-21;/h5-6,8-9,12-14H,3-4,7,10-11,15-16H2,1-2H3,(H3,23,24,25);1H. The molecule has 1 aliphatic carbocycles. The molecule has 2 aromatic carbocycles. The minimum Gasteiger partial charge on any atom is -0.370 e. The van der Waals surface area contributed by atoms with Crippen LogP contribution >= 0.6 is 24.0 Å². The number of benzene rings is 2. The SMILES string of the molecule is CCN(CC)Cc1ccccc1CN=C(N)Nc1ccc2c(c1)CCC2.I. The van der Waals surface area contributed by atoms with Crippen LogP contribution in [0.1, 0.15) is 42.5 Å². The van der Waals surface area contributed by atoms with Crippen LogP contribution in [0.25, 0.3) is 0 Å². The number of rotatable bonds is 7. The number of hydrogen-bond acceptors (Lipinski definition) is 2. The highest BCUT2D eigenvalue weighted by molar-refractivity contribution is 14.0. The van der Waals surface area contributed by atoms with Gasteiger partial charge < -0.3 is 11.1 Å². The van der Waals surface area contributed by atoms with Gasteiger partial charge in [0.15, 0.2) is 5.96 Å². The monoisotopic (exact) mass is 478 g/mol. The Bertz CT molecular complexity index is 769. The van der Waals surface area contributed by atoms with Gasteiger partial charge in [0.25, 0.3) is 0 Å². The first-order chi connectivity index (χ1) is 12.7. The Kier molecular flexibility index (Phi) is 8.57. The van der Waals surface area contributed by atoms with Crippen molar-refractivity contribution in [3.8, 4) is 0 Å². The average Bonchev–Trinajstić information content (AvgIpc) is 3.13. The number of aliphatic imine (C=N–C) groups is 1. The highest BCUT2D eigenvalue weighted by Crippen LogP contribution is 2.24. The van der Waals surface area contributed by atoms with Crippen LogP contribution in [0.3, 0.4) is 0 Å². The molecule has 0 saturated heterocycles. The third-order valence-electron chi connectivity index (χ3n) is 5.20. The summed E-state index contributed by atoms with van der Waals surface area (Å²) in [6, 6.07) is 15.0. The third kappa shape index (κ3) is 5.94. The van der Waals surface area contributed by atoms with E-state index >= 15 is 0 Å². The number of nitrogens with zero attached hydrogens (tertiary/aromatic N) is 2. The molecule has 0 aliphatic heterocycles. The van der Waals surface area contributed by atoms with Crippen LogP contribution in [-0.4, -0.2) is 23.9 Å². The van der Waals surface area contributed by atoms with Crippen molar-refractivity contribution in [3.63, 3.8) is 0 Å². The molecule has 4 nitrogen and oxygen atoms in total. The highest BCUT2D eigenvalue weighted by atomic mass is 127. The molecule has 27 heavy (non-hydrogen) atoms. The van der Waals surface area contributed by atoms with Gasteiger partial charge in [0, 0.05) is 12.2 Å². The molecule has 1 aliphatic rings. The van der Waals surface area contributed by atoms with Crippen LogP contribution in [-0.2, 0) is 25.9 Å². The fourth-order valence-corrected chi connectivity index (χ4v) is 3.56. The molecule has 3 N–H and O–H groups in total. The number of hydrogen-bond donors (Lipinski definition) is 2. The molecule has 0 unspecified atom stereocenters. The first kappa shape index (κ1) is 21.7. The Balaban J connectivity index is 0.00000261. The summed E-state index contributed by atoms with van der Waals surface area (Å²) >= 11 is 0. The first-order valence-electron chi connectivity index (χ1n) is 9.67. The normalized spacial score (nSPS) is 13.4. The van der Waals surface area contributed by atoms with Crippen LogP contribution in [0.2, 0.25) is 0 Å². The molecular weight excluding hydrogens is 447 g/mol. The first-order valence-corrected chi connectivity index (χ1v) is 9.67. The lowest BCUT2D eigenvalue weighted by atomic mass is 10.1. The van der Waals surface area contributed by atoms with Crippen molar-refractivity contribution in [2.45, 2.75) is 46.2 Å². The molecule has 5 heteroatoms. The average molecular weight is 478 g/mol.